The summed E-state index contributed by atoms with van der Waals surface area (Å²) >= 11 is 0. The third-order valence-corrected chi connectivity index (χ3v) is 10.1. The summed E-state index contributed by atoms with van der Waals surface area (Å²) in [6.45, 7) is 18.0. The second kappa shape index (κ2) is 8.61. The highest BCUT2D eigenvalue weighted by atomic mass is 28.4. The van der Waals surface area contributed by atoms with E-state index in [1.54, 1.807) is 6.92 Å². The van der Waals surface area contributed by atoms with Crippen LogP contribution in [-0.2, 0) is 20.6 Å². The van der Waals surface area contributed by atoms with Gasteiger partial charge in [-0.3, -0.25) is 4.79 Å². The van der Waals surface area contributed by atoms with Crippen LogP contribution in [0.4, 0.5) is 0 Å². The molecule has 142 valence electrons. The number of Topliss-reactive ketones (excluding diaryl/α,β-unsaturated/α-hetero) is 1. The van der Waals surface area contributed by atoms with Crippen molar-refractivity contribution in [2.45, 2.75) is 78.8 Å². The fraction of sp³-hybridized carbons (Fsp3) is 0.667. The zero-order valence-corrected chi connectivity index (χ0v) is 18.3. The molecule has 0 spiro atoms. The Morgan fingerprint density at radius 2 is 1.64 bits per heavy atom. The maximum atomic E-state index is 12.2. The number of rotatable bonds is 9. The molecular formula is C21H36O3Si. The maximum Gasteiger partial charge on any atom is 0.192 e. The van der Waals surface area contributed by atoms with Gasteiger partial charge in [0.25, 0.3) is 0 Å². The monoisotopic (exact) mass is 364 g/mol. The van der Waals surface area contributed by atoms with E-state index in [1.807, 2.05) is 32.0 Å². The Bertz CT molecular complexity index is 544. The van der Waals surface area contributed by atoms with Crippen LogP contribution in [0.5, 0.6) is 0 Å². The summed E-state index contributed by atoms with van der Waals surface area (Å²) in [5, 5.41) is 0.114. The molecule has 0 radical (unpaired) electrons. The van der Waals surface area contributed by atoms with Crippen LogP contribution in [0.1, 0.15) is 53.5 Å². The first-order chi connectivity index (χ1) is 11.4. The molecular weight excluding hydrogens is 328 g/mol. The lowest BCUT2D eigenvalue weighted by molar-refractivity contribution is -0.130. The van der Waals surface area contributed by atoms with Crippen molar-refractivity contribution in [2.24, 2.45) is 5.41 Å². The van der Waals surface area contributed by atoms with Crippen LogP contribution >= 0.6 is 0 Å². The van der Waals surface area contributed by atoms with Gasteiger partial charge >= 0.3 is 0 Å². The minimum Gasteiger partial charge on any atom is -0.413 e. The maximum absolute atomic E-state index is 12.2. The van der Waals surface area contributed by atoms with Crippen LogP contribution in [-0.4, -0.2) is 26.8 Å². The SMILES string of the molecule is CC(=O)C(C)(C)[C@@H](CCOCc1ccccc1)O[Si](C)(C)C(C)(C)C. The van der Waals surface area contributed by atoms with E-state index in [-0.39, 0.29) is 16.9 Å². The summed E-state index contributed by atoms with van der Waals surface area (Å²) in [5.74, 6) is 0.166. The fourth-order valence-electron chi connectivity index (χ4n) is 2.28. The van der Waals surface area contributed by atoms with Gasteiger partial charge in [-0.05, 0) is 37.0 Å². The van der Waals surface area contributed by atoms with Crippen molar-refractivity contribution in [3.05, 3.63) is 35.9 Å². The van der Waals surface area contributed by atoms with Crippen LogP contribution < -0.4 is 0 Å². The molecule has 0 saturated heterocycles. The molecule has 0 unspecified atom stereocenters. The van der Waals surface area contributed by atoms with E-state index in [1.165, 1.54) is 0 Å². The fourth-order valence-corrected chi connectivity index (χ4v) is 3.76. The molecule has 0 aliphatic heterocycles. The van der Waals surface area contributed by atoms with E-state index in [2.05, 4.69) is 46.0 Å². The largest absolute Gasteiger partial charge is 0.413 e. The second-order valence-corrected chi connectivity index (χ2v) is 13.7. The van der Waals surface area contributed by atoms with Gasteiger partial charge in [-0.1, -0.05) is 65.0 Å². The van der Waals surface area contributed by atoms with Crippen LogP contribution in [0.15, 0.2) is 30.3 Å². The number of carbonyl (C=O) groups is 1. The van der Waals surface area contributed by atoms with Gasteiger partial charge in [-0.2, -0.15) is 0 Å². The molecule has 1 aromatic rings. The van der Waals surface area contributed by atoms with Crippen LogP contribution in [0, 0.1) is 5.41 Å². The minimum absolute atomic E-state index is 0.114. The van der Waals surface area contributed by atoms with Crippen molar-refractivity contribution in [3.63, 3.8) is 0 Å². The Balaban J connectivity index is 2.74. The molecule has 25 heavy (non-hydrogen) atoms. The molecule has 1 rings (SSSR count). The standard InChI is InChI=1S/C21H36O3Si/c1-17(22)21(5,6)19(24-25(7,8)20(2,3)4)14-15-23-16-18-12-10-9-11-13-18/h9-13,19H,14-16H2,1-8H3/t19-/m1/s1. The predicted molar refractivity (Wildman–Crippen MR) is 107 cm³/mol. The summed E-state index contributed by atoms with van der Waals surface area (Å²) in [4.78, 5) is 12.2. The Morgan fingerprint density at radius 1 is 1.08 bits per heavy atom. The molecule has 0 amide bonds. The van der Waals surface area contributed by atoms with Gasteiger partial charge in [0, 0.05) is 12.0 Å². The summed E-state index contributed by atoms with van der Waals surface area (Å²) in [7, 11) is -1.96. The Labute approximate surface area is 155 Å². The van der Waals surface area contributed by atoms with E-state index < -0.39 is 13.7 Å². The van der Waals surface area contributed by atoms with E-state index in [0.29, 0.717) is 13.2 Å². The number of carbonyl (C=O) groups excluding carboxylic acids is 1. The van der Waals surface area contributed by atoms with E-state index >= 15 is 0 Å². The van der Waals surface area contributed by atoms with Crippen molar-refractivity contribution >= 4 is 14.1 Å². The molecule has 1 aromatic carbocycles. The average Bonchev–Trinajstić information content (AvgIpc) is 2.49. The van der Waals surface area contributed by atoms with Crippen molar-refractivity contribution < 1.29 is 14.0 Å². The Kier molecular flexibility index (Phi) is 7.60. The Hall–Kier alpha value is -0.973. The highest BCUT2D eigenvalue weighted by Gasteiger charge is 2.44. The van der Waals surface area contributed by atoms with Gasteiger partial charge < -0.3 is 9.16 Å². The summed E-state index contributed by atoms with van der Waals surface area (Å²) < 4.78 is 12.5. The second-order valence-electron chi connectivity index (χ2n) is 8.97. The Morgan fingerprint density at radius 3 is 2.12 bits per heavy atom. The van der Waals surface area contributed by atoms with Crippen LogP contribution in [0.25, 0.3) is 0 Å². The lowest BCUT2D eigenvalue weighted by atomic mass is 9.81. The molecule has 0 aliphatic rings. The first-order valence-electron chi connectivity index (χ1n) is 9.18. The molecule has 0 fully saturated rings. The van der Waals surface area contributed by atoms with Crippen molar-refractivity contribution in [1.29, 1.82) is 0 Å². The van der Waals surface area contributed by atoms with Crippen LogP contribution in [0.2, 0.25) is 18.1 Å². The van der Waals surface area contributed by atoms with Gasteiger partial charge in [-0.25, -0.2) is 0 Å². The minimum atomic E-state index is -1.96. The lowest BCUT2D eigenvalue weighted by Gasteiger charge is -2.43. The molecule has 3 nitrogen and oxygen atoms in total. The number of benzene rings is 1. The first kappa shape index (κ1) is 22.1. The smallest absolute Gasteiger partial charge is 0.192 e. The zero-order valence-electron chi connectivity index (χ0n) is 17.3. The van der Waals surface area contributed by atoms with E-state index in [0.717, 1.165) is 12.0 Å². The molecule has 0 aliphatic carbocycles. The number of ether oxygens (including phenoxy) is 1. The molecule has 4 heteroatoms. The predicted octanol–water partition coefficient (Wildman–Crippen LogP) is 5.60. The summed E-state index contributed by atoms with van der Waals surface area (Å²) in [6.07, 6.45) is 0.605. The highest BCUT2D eigenvalue weighted by Crippen LogP contribution is 2.40. The van der Waals surface area contributed by atoms with Crippen molar-refractivity contribution in [2.75, 3.05) is 6.61 Å². The topological polar surface area (TPSA) is 35.5 Å². The normalized spacial score (nSPS) is 14.4. The number of ketones is 1. The first-order valence-corrected chi connectivity index (χ1v) is 12.1. The summed E-state index contributed by atoms with van der Waals surface area (Å²) in [6, 6.07) is 10.1. The van der Waals surface area contributed by atoms with Gasteiger partial charge in [0.2, 0.25) is 0 Å². The highest BCUT2D eigenvalue weighted by molar-refractivity contribution is 6.74. The molecule has 0 bridgehead atoms. The molecule has 1 atom stereocenters. The van der Waals surface area contributed by atoms with Gasteiger partial charge in [0.15, 0.2) is 8.32 Å². The van der Waals surface area contributed by atoms with Gasteiger partial charge in [0.1, 0.15) is 5.78 Å². The molecule has 0 heterocycles. The van der Waals surface area contributed by atoms with Gasteiger partial charge in [0.05, 0.1) is 12.7 Å². The molecule has 0 N–H and O–H groups in total. The van der Waals surface area contributed by atoms with E-state index in [9.17, 15) is 4.79 Å². The van der Waals surface area contributed by atoms with E-state index in [4.69, 9.17) is 9.16 Å². The lowest BCUT2D eigenvalue weighted by Crippen LogP contribution is -2.50. The number of hydrogen-bond acceptors (Lipinski definition) is 3. The third kappa shape index (κ3) is 6.35. The summed E-state index contributed by atoms with van der Waals surface area (Å²) in [5.41, 5.74) is 0.654. The van der Waals surface area contributed by atoms with Crippen LogP contribution in [0.3, 0.4) is 0 Å². The van der Waals surface area contributed by atoms with Crippen molar-refractivity contribution in [1.82, 2.24) is 0 Å². The molecule has 0 saturated carbocycles. The number of hydrogen-bond donors (Lipinski definition) is 0. The zero-order chi connectivity index (χ0) is 19.3. The van der Waals surface area contributed by atoms with Gasteiger partial charge in [-0.15, -0.1) is 0 Å². The average molecular weight is 365 g/mol. The quantitative estimate of drug-likeness (QED) is 0.423. The molecule has 0 aromatic heterocycles. The van der Waals surface area contributed by atoms with Crippen molar-refractivity contribution in [3.8, 4) is 0 Å². The third-order valence-electron chi connectivity index (χ3n) is 5.59.